The number of nitrogens with two attached hydrogens (primary N) is 1. The van der Waals surface area contributed by atoms with E-state index in [4.69, 9.17) is 5.73 Å². The number of amides is 1. The van der Waals surface area contributed by atoms with Crippen LogP contribution in [0.3, 0.4) is 0 Å². The standard InChI is InChI=1S/C18H26N2O/c19-17(21)13-14-5-1-2-6-16(14)20-15-7-11-18(12-8-15)9-3-4-10-18/h1-2,5-6,15,20H,3-4,7-13H2,(H2,19,21). The Balaban J connectivity index is 1.61. The van der Waals surface area contributed by atoms with Crippen LogP contribution < -0.4 is 11.1 Å². The first-order valence-corrected chi connectivity index (χ1v) is 8.30. The van der Waals surface area contributed by atoms with Gasteiger partial charge in [-0.1, -0.05) is 31.0 Å². The topological polar surface area (TPSA) is 55.1 Å². The molecule has 2 aliphatic carbocycles. The van der Waals surface area contributed by atoms with Crippen LogP contribution >= 0.6 is 0 Å². The molecule has 0 aromatic heterocycles. The van der Waals surface area contributed by atoms with Gasteiger partial charge in [0.15, 0.2) is 0 Å². The summed E-state index contributed by atoms with van der Waals surface area (Å²) in [7, 11) is 0. The van der Waals surface area contributed by atoms with Crippen LogP contribution in [0, 0.1) is 5.41 Å². The molecule has 0 aliphatic heterocycles. The van der Waals surface area contributed by atoms with Crippen LogP contribution in [0.15, 0.2) is 24.3 Å². The predicted molar refractivity (Wildman–Crippen MR) is 86.1 cm³/mol. The first kappa shape index (κ1) is 14.4. The molecular weight excluding hydrogens is 260 g/mol. The van der Waals surface area contributed by atoms with Gasteiger partial charge in [0.2, 0.25) is 5.91 Å². The highest BCUT2D eigenvalue weighted by Crippen LogP contribution is 2.49. The summed E-state index contributed by atoms with van der Waals surface area (Å²) in [6, 6.07) is 8.60. The average Bonchev–Trinajstić information content (AvgIpc) is 2.92. The Morgan fingerprint density at radius 3 is 2.48 bits per heavy atom. The van der Waals surface area contributed by atoms with Crippen molar-refractivity contribution in [2.45, 2.75) is 63.8 Å². The Morgan fingerprint density at radius 1 is 1.14 bits per heavy atom. The SMILES string of the molecule is NC(=O)Cc1ccccc1NC1CCC2(CCCC2)CC1. The summed E-state index contributed by atoms with van der Waals surface area (Å²) < 4.78 is 0. The predicted octanol–water partition coefficient (Wildman–Crippen LogP) is 3.63. The Morgan fingerprint density at radius 2 is 1.81 bits per heavy atom. The van der Waals surface area contributed by atoms with Crippen LogP contribution in [-0.2, 0) is 11.2 Å². The van der Waals surface area contributed by atoms with Crippen LogP contribution in [0.4, 0.5) is 5.69 Å². The second-order valence-electron chi connectivity index (χ2n) is 6.93. The number of anilines is 1. The first-order valence-electron chi connectivity index (χ1n) is 8.30. The van der Waals surface area contributed by atoms with E-state index in [1.807, 2.05) is 18.2 Å². The lowest BCUT2D eigenvalue weighted by Crippen LogP contribution is -2.32. The maximum atomic E-state index is 11.2. The summed E-state index contributed by atoms with van der Waals surface area (Å²) in [6.07, 6.45) is 11.3. The molecule has 1 aromatic carbocycles. The molecule has 1 spiro atoms. The van der Waals surface area contributed by atoms with Gasteiger partial charge in [0.25, 0.3) is 0 Å². The largest absolute Gasteiger partial charge is 0.382 e. The van der Waals surface area contributed by atoms with E-state index >= 15 is 0 Å². The number of para-hydroxylation sites is 1. The highest BCUT2D eigenvalue weighted by Gasteiger charge is 2.37. The zero-order chi connectivity index (χ0) is 14.7. The van der Waals surface area contributed by atoms with Gasteiger partial charge < -0.3 is 11.1 Å². The van der Waals surface area contributed by atoms with Gasteiger partial charge in [-0.2, -0.15) is 0 Å². The zero-order valence-electron chi connectivity index (χ0n) is 12.7. The maximum absolute atomic E-state index is 11.2. The Kier molecular flexibility index (Phi) is 4.18. The van der Waals surface area contributed by atoms with Crippen molar-refractivity contribution in [3.8, 4) is 0 Å². The van der Waals surface area contributed by atoms with Crippen LogP contribution in [0.2, 0.25) is 0 Å². The summed E-state index contributed by atoms with van der Waals surface area (Å²) in [4.78, 5) is 11.2. The second kappa shape index (κ2) is 6.08. The normalized spacial score (nSPS) is 21.5. The van der Waals surface area contributed by atoms with Crippen LogP contribution in [0.25, 0.3) is 0 Å². The van der Waals surface area contributed by atoms with Crippen LogP contribution in [0.5, 0.6) is 0 Å². The van der Waals surface area contributed by atoms with Crippen LogP contribution in [-0.4, -0.2) is 11.9 Å². The number of carbonyl (C=O) groups excluding carboxylic acids is 1. The molecule has 0 heterocycles. The van der Waals surface area contributed by atoms with Gasteiger partial charge in [-0.05, 0) is 55.6 Å². The maximum Gasteiger partial charge on any atom is 0.221 e. The van der Waals surface area contributed by atoms with Gasteiger partial charge >= 0.3 is 0 Å². The van der Waals surface area contributed by atoms with Crippen molar-refractivity contribution in [1.29, 1.82) is 0 Å². The van der Waals surface area contributed by atoms with E-state index in [2.05, 4.69) is 11.4 Å². The fraction of sp³-hybridized carbons (Fsp3) is 0.611. The summed E-state index contributed by atoms with van der Waals surface area (Å²) in [5, 5.41) is 3.65. The third-order valence-electron chi connectivity index (χ3n) is 5.45. The van der Waals surface area contributed by atoms with E-state index in [1.165, 1.54) is 51.4 Å². The molecule has 1 aromatic rings. The lowest BCUT2D eigenvalue weighted by atomic mass is 9.71. The summed E-state index contributed by atoms with van der Waals surface area (Å²) in [6.45, 7) is 0. The number of carbonyl (C=O) groups is 1. The molecule has 1 amide bonds. The first-order chi connectivity index (χ1) is 10.2. The molecule has 3 heteroatoms. The van der Waals surface area contributed by atoms with Crippen molar-refractivity contribution >= 4 is 11.6 Å². The summed E-state index contributed by atoms with van der Waals surface area (Å²) in [5.41, 5.74) is 8.12. The minimum Gasteiger partial charge on any atom is -0.382 e. The van der Waals surface area contributed by atoms with E-state index in [-0.39, 0.29) is 5.91 Å². The Hall–Kier alpha value is -1.51. The number of nitrogens with one attached hydrogen (secondary N) is 1. The van der Waals surface area contributed by atoms with Crippen molar-refractivity contribution in [3.05, 3.63) is 29.8 Å². The summed E-state index contributed by atoms with van der Waals surface area (Å²) in [5.74, 6) is -0.266. The molecule has 2 fully saturated rings. The average molecular weight is 286 g/mol. The zero-order valence-corrected chi connectivity index (χ0v) is 12.7. The fourth-order valence-corrected chi connectivity index (χ4v) is 4.22. The molecule has 2 aliphatic rings. The van der Waals surface area contributed by atoms with Crippen molar-refractivity contribution in [3.63, 3.8) is 0 Å². The monoisotopic (exact) mass is 286 g/mol. The molecule has 3 N–H and O–H groups in total. The fourth-order valence-electron chi connectivity index (χ4n) is 4.22. The molecule has 21 heavy (non-hydrogen) atoms. The van der Waals surface area contributed by atoms with Crippen molar-refractivity contribution in [1.82, 2.24) is 0 Å². The quantitative estimate of drug-likeness (QED) is 0.888. The van der Waals surface area contributed by atoms with Crippen molar-refractivity contribution in [2.24, 2.45) is 11.1 Å². The lowest BCUT2D eigenvalue weighted by Gasteiger charge is -2.38. The molecule has 114 valence electrons. The Labute approximate surface area is 127 Å². The molecule has 0 bridgehead atoms. The van der Waals surface area contributed by atoms with E-state index in [0.717, 1.165) is 11.3 Å². The van der Waals surface area contributed by atoms with Crippen LogP contribution in [0.1, 0.15) is 56.9 Å². The molecule has 0 saturated heterocycles. The van der Waals surface area contributed by atoms with Gasteiger partial charge in [0.1, 0.15) is 0 Å². The molecule has 0 radical (unpaired) electrons. The number of rotatable bonds is 4. The lowest BCUT2D eigenvalue weighted by molar-refractivity contribution is -0.117. The van der Waals surface area contributed by atoms with Gasteiger partial charge in [-0.15, -0.1) is 0 Å². The highest BCUT2D eigenvalue weighted by atomic mass is 16.1. The third kappa shape index (κ3) is 3.39. The molecule has 2 saturated carbocycles. The van der Waals surface area contributed by atoms with Gasteiger partial charge in [0.05, 0.1) is 6.42 Å². The molecule has 0 unspecified atom stereocenters. The number of hydrogen-bond donors (Lipinski definition) is 2. The number of primary amides is 1. The van der Waals surface area contributed by atoms with E-state index < -0.39 is 0 Å². The minimum absolute atomic E-state index is 0.266. The van der Waals surface area contributed by atoms with E-state index in [0.29, 0.717) is 17.9 Å². The number of benzene rings is 1. The van der Waals surface area contributed by atoms with Gasteiger partial charge in [-0.3, -0.25) is 4.79 Å². The van der Waals surface area contributed by atoms with E-state index in [1.54, 1.807) is 0 Å². The highest BCUT2D eigenvalue weighted by molar-refractivity contribution is 5.78. The van der Waals surface area contributed by atoms with Crippen molar-refractivity contribution in [2.75, 3.05) is 5.32 Å². The molecular formula is C18H26N2O. The van der Waals surface area contributed by atoms with Gasteiger partial charge in [0, 0.05) is 11.7 Å². The number of hydrogen-bond acceptors (Lipinski definition) is 2. The molecule has 0 atom stereocenters. The third-order valence-corrected chi connectivity index (χ3v) is 5.45. The molecule has 3 nitrogen and oxygen atoms in total. The van der Waals surface area contributed by atoms with Crippen molar-refractivity contribution < 1.29 is 4.79 Å². The van der Waals surface area contributed by atoms with E-state index in [9.17, 15) is 4.79 Å². The smallest absolute Gasteiger partial charge is 0.221 e. The van der Waals surface area contributed by atoms with Gasteiger partial charge in [-0.25, -0.2) is 0 Å². The molecule has 3 rings (SSSR count). The minimum atomic E-state index is -0.266. The summed E-state index contributed by atoms with van der Waals surface area (Å²) >= 11 is 0. The Bertz CT molecular complexity index is 496. The second-order valence-corrected chi connectivity index (χ2v) is 6.93.